The topological polar surface area (TPSA) is 82.1 Å². The molecule has 3 aromatic carbocycles. The second kappa shape index (κ2) is 9.83. The fourth-order valence-corrected chi connectivity index (χ4v) is 4.16. The highest BCUT2D eigenvalue weighted by Gasteiger charge is 2.23. The number of carboxylic acid groups (broad SMARTS) is 1. The molecule has 170 valence electrons. The molecule has 0 radical (unpaired) electrons. The van der Waals surface area contributed by atoms with Crippen LogP contribution in [0.15, 0.2) is 66.7 Å². The van der Waals surface area contributed by atoms with Crippen LogP contribution in [0.2, 0.25) is 5.02 Å². The van der Waals surface area contributed by atoms with Gasteiger partial charge in [-0.2, -0.15) is 0 Å². The van der Waals surface area contributed by atoms with Gasteiger partial charge in [-0.15, -0.1) is 0 Å². The van der Waals surface area contributed by atoms with Crippen molar-refractivity contribution >= 4 is 40.5 Å². The van der Waals surface area contributed by atoms with E-state index in [0.717, 1.165) is 24.5 Å². The predicted molar refractivity (Wildman–Crippen MR) is 130 cm³/mol. The largest absolute Gasteiger partial charge is 0.495 e. The molecule has 1 amide bonds. The maximum atomic E-state index is 12.5. The summed E-state index contributed by atoms with van der Waals surface area (Å²) in [5.41, 5.74) is 2.61. The SMILES string of the molecule is COc1ccccc1N1CCN(c2ccc(NC(=O)c3cccc(Cl)c3)cc2C(=O)O)CC1. The molecule has 3 aromatic rings. The Bertz CT molecular complexity index is 1180. The number of aromatic carboxylic acids is 1. The van der Waals surface area contributed by atoms with Gasteiger partial charge in [0.05, 0.1) is 24.0 Å². The van der Waals surface area contributed by atoms with E-state index in [9.17, 15) is 14.7 Å². The minimum Gasteiger partial charge on any atom is -0.495 e. The number of amides is 1. The van der Waals surface area contributed by atoms with Crippen molar-refractivity contribution in [2.45, 2.75) is 0 Å². The smallest absolute Gasteiger partial charge is 0.337 e. The number of methoxy groups -OCH3 is 1. The molecule has 8 heteroatoms. The summed E-state index contributed by atoms with van der Waals surface area (Å²) < 4.78 is 5.47. The van der Waals surface area contributed by atoms with Gasteiger partial charge >= 0.3 is 5.97 Å². The van der Waals surface area contributed by atoms with Crippen molar-refractivity contribution in [2.75, 3.05) is 48.4 Å². The summed E-state index contributed by atoms with van der Waals surface area (Å²) in [6, 6.07) is 19.4. The fourth-order valence-electron chi connectivity index (χ4n) is 3.97. The predicted octanol–water partition coefficient (Wildman–Crippen LogP) is 4.63. The number of rotatable bonds is 6. The normalized spacial score (nSPS) is 13.5. The lowest BCUT2D eigenvalue weighted by Gasteiger charge is -2.38. The maximum absolute atomic E-state index is 12.5. The average molecular weight is 466 g/mol. The molecular formula is C25H24ClN3O4. The van der Waals surface area contributed by atoms with E-state index in [-0.39, 0.29) is 11.5 Å². The molecule has 7 nitrogen and oxygen atoms in total. The van der Waals surface area contributed by atoms with E-state index in [1.54, 1.807) is 43.5 Å². The van der Waals surface area contributed by atoms with Crippen LogP contribution in [0.25, 0.3) is 0 Å². The van der Waals surface area contributed by atoms with Gasteiger partial charge in [-0.25, -0.2) is 4.79 Å². The van der Waals surface area contributed by atoms with Gasteiger partial charge in [-0.1, -0.05) is 29.8 Å². The number of carbonyl (C=O) groups is 2. The first-order chi connectivity index (χ1) is 16.0. The molecule has 0 aromatic heterocycles. The molecule has 0 saturated carbocycles. The minimum absolute atomic E-state index is 0.143. The lowest BCUT2D eigenvalue weighted by Crippen LogP contribution is -2.47. The second-order valence-electron chi connectivity index (χ2n) is 7.65. The molecule has 1 aliphatic rings. The highest BCUT2D eigenvalue weighted by Crippen LogP contribution is 2.31. The molecule has 0 unspecified atom stereocenters. The third-order valence-corrected chi connectivity index (χ3v) is 5.85. The zero-order chi connectivity index (χ0) is 23.4. The van der Waals surface area contributed by atoms with E-state index >= 15 is 0 Å². The van der Waals surface area contributed by atoms with E-state index in [1.165, 1.54) is 6.07 Å². The van der Waals surface area contributed by atoms with Gasteiger partial charge in [-0.05, 0) is 48.5 Å². The van der Waals surface area contributed by atoms with Crippen LogP contribution >= 0.6 is 11.6 Å². The summed E-state index contributed by atoms with van der Waals surface area (Å²) in [7, 11) is 1.65. The number of ether oxygens (including phenoxy) is 1. The fraction of sp³-hybridized carbons (Fsp3) is 0.200. The monoisotopic (exact) mass is 465 g/mol. The van der Waals surface area contributed by atoms with Gasteiger partial charge in [0.2, 0.25) is 0 Å². The standard InChI is InChI=1S/C25H24ClN3O4/c1-33-23-8-3-2-7-22(23)29-13-11-28(12-14-29)21-10-9-19(16-20(21)25(31)32)27-24(30)17-5-4-6-18(26)15-17/h2-10,15-16H,11-14H2,1H3,(H,27,30)(H,31,32). The molecule has 33 heavy (non-hydrogen) atoms. The maximum Gasteiger partial charge on any atom is 0.337 e. The molecule has 1 heterocycles. The van der Waals surface area contributed by atoms with E-state index in [1.807, 2.05) is 24.3 Å². The summed E-state index contributed by atoms with van der Waals surface area (Å²) in [5.74, 6) is -0.583. The first kappa shape index (κ1) is 22.5. The molecule has 1 fully saturated rings. The number of halogens is 1. The third-order valence-electron chi connectivity index (χ3n) is 5.62. The molecule has 1 saturated heterocycles. The zero-order valence-electron chi connectivity index (χ0n) is 18.1. The van der Waals surface area contributed by atoms with Gasteiger partial charge in [0, 0.05) is 42.5 Å². The van der Waals surface area contributed by atoms with Crippen molar-refractivity contribution in [1.82, 2.24) is 0 Å². The Labute approximate surface area is 197 Å². The van der Waals surface area contributed by atoms with Crippen LogP contribution in [0.4, 0.5) is 17.1 Å². The first-order valence-corrected chi connectivity index (χ1v) is 10.9. The number of anilines is 3. The Hall–Kier alpha value is -3.71. The Kier molecular flexibility index (Phi) is 6.70. The summed E-state index contributed by atoms with van der Waals surface area (Å²) in [5, 5.41) is 13.0. The lowest BCUT2D eigenvalue weighted by atomic mass is 10.1. The number of nitrogens with one attached hydrogen (secondary N) is 1. The van der Waals surface area contributed by atoms with Crippen molar-refractivity contribution < 1.29 is 19.4 Å². The highest BCUT2D eigenvalue weighted by molar-refractivity contribution is 6.31. The van der Waals surface area contributed by atoms with Crippen LogP contribution in [0, 0.1) is 0 Å². The molecule has 0 aliphatic carbocycles. The van der Waals surface area contributed by atoms with Gasteiger partial charge in [0.1, 0.15) is 5.75 Å². The van der Waals surface area contributed by atoms with E-state index in [4.69, 9.17) is 16.3 Å². The lowest BCUT2D eigenvalue weighted by molar-refractivity contribution is 0.0697. The molecule has 0 spiro atoms. The number of para-hydroxylation sites is 2. The summed E-state index contributed by atoms with van der Waals surface area (Å²) in [6.07, 6.45) is 0. The number of carboxylic acids is 1. The Balaban J connectivity index is 1.49. The van der Waals surface area contributed by atoms with Gasteiger partial charge < -0.3 is 25.0 Å². The highest BCUT2D eigenvalue weighted by atomic mass is 35.5. The van der Waals surface area contributed by atoms with E-state index in [0.29, 0.717) is 35.1 Å². The number of benzene rings is 3. The molecule has 0 atom stereocenters. The zero-order valence-corrected chi connectivity index (χ0v) is 18.9. The van der Waals surface area contributed by atoms with Crippen LogP contribution in [-0.4, -0.2) is 50.3 Å². The van der Waals surface area contributed by atoms with Crippen LogP contribution in [0.5, 0.6) is 5.75 Å². The Morgan fingerprint density at radius 3 is 2.27 bits per heavy atom. The number of carbonyl (C=O) groups excluding carboxylic acids is 1. The summed E-state index contributed by atoms with van der Waals surface area (Å²) in [4.78, 5) is 28.8. The van der Waals surface area contributed by atoms with E-state index < -0.39 is 5.97 Å². The molecule has 4 rings (SSSR count). The third kappa shape index (κ3) is 5.04. The van der Waals surface area contributed by atoms with Crippen LogP contribution in [0.1, 0.15) is 20.7 Å². The quantitative estimate of drug-likeness (QED) is 0.552. The average Bonchev–Trinajstić information content (AvgIpc) is 2.84. The Morgan fingerprint density at radius 1 is 0.909 bits per heavy atom. The molecular weight excluding hydrogens is 442 g/mol. The van der Waals surface area contributed by atoms with Crippen molar-refractivity contribution in [1.29, 1.82) is 0 Å². The second-order valence-corrected chi connectivity index (χ2v) is 8.08. The first-order valence-electron chi connectivity index (χ1n) is 10.5. The number of piperazine rings is 1. The minimum atomic E-state index is -1.05. The summed E-state index contributed by atoms with van der Waals surface area (Å²) in [6.45, 7) is 2.78. The number of nitrogens with zero attached hydrogens (tertiary/aromatic N) is 2. The van der Waals surface area contributed by atoms with Crippen molar-refractivity contribution in [3.63, 3.8) is 0 Å². The van der Waals surface area contributed by atoms with Gasteiger partial charge in [0.25, 0.3) is 5.91 Å². The molecule has 0 bridgehead atoms. The van der Waals surface area contributed by atoms with Crippen LogP contribution in [0.3, 0.4) is 0 Å². The van der Waals surface area contributed by atoms with Crippen LogP contribution in [-0.2, 0) is 0 Å². The van der Waals surface area contributed by atoms with E-state index in [2.05, 4.69) is 15.1 Å². The van der Waals surface area contributed by atoms with Gasteiger partial charge in [0.15, 0.2) is 0 Å². The molecule has 2 N–H and O–H groups in total. The summed E-state index contributed by atoms with van der Waals surface area (Å²) >= 11 is 5.96. The van der Waals surface area contributed by atoms with Crippen molar-refractivity contribution in [2.24, 2.45) is 0 Å². The van der Waals surface area contributed by atoms with Crippen molar-refractivity contribution in [3.8, 4) is 5.75 Å². The van der Waals surface area contributed by atoms with Crippen molar-refractivity contribution in [3.05, 3.63) is 82.9 Å². The van der Waals surface area contributed by atoms with Crippen LogP contribution < -0.4 is 19.9 Å². The molecule has 1 aliphatic heterocycles. The number of hydrogen-bond acceptors (Lipinski definition) is 5. The Morgan fingerprint density at radius 2 is 1.61 bits per heavy atom. The van der Waals surface area contributed by atoms with Gasteiger partial charge in [-0.3, -0.25) is 4.79 Å². The number of hydrogen-bond donors (Lipinski definition) is 2.